The summed E-state index contributed by atoms with van der Waals surface area (Å²) in [5.41, 5.74) is 0. The van der Waals surface area contributed by atoms with Gasteiger partial charge in [-0.3, -0.25) is 4.90 Å². The molecule has 2 fully saturated rings. The van der Waals surface area contributed by atoms with Gasteiger partial charge in [0, 0.05) is 32.2 Å². The smallest absolute Gasteiger partial charge is 0.414 e. The highest BCUT2D eigenvalue weighted by molar-refractivity contribution is 6.27. The van der Waals surface area contributed by atoms with Crippen molar-refractivity contribution in [3.63, 3.8) is 0 Å². The first kappa shape index (κ1) is 12.9. The van der Waals surface area contributed by atoms with Gasteiger partial charge < -0.3 is 20.6 Å². The van der Waals surface area contributed by atoms with E-state index in [0.717, 1.165) is 32.6 Å². The van der Waals surface area contributed by atoms with Crippen LogP contribution in [0.1, 0.15) is 6.42 Å². The van der Waals surface area contributed by atoms with Crippen LogP contribution in [0, 0.1) is 0 Å². The van der Waals surface area contributed by atoms with Gasteiger partial charge in [-0.05, 0) is 6.42 Å². The van der Waals surface area contributed by atoms with Crippen molar-refractivity contribution >= 4 is 11.9 Å². The van der Waals surface area contributed by atoms with Gasteiger partial charge >= 0.3 is 11.9 Å². The van der Waals surface area contributed by atoms with Crippen molar-refractivity contribution in [2.24, 2.45) is 0 Å². The van der Waals surface area contributed by atoms with Gasteiger partial charge in [-0.15, -0.1) is 0 Å². The minimum Gasteiger partial charge on any atom is -0.473 e. The van der Waals surface area contributed by atoms with Crippen LogP contribution in [-0.4, -0.2) is 70.5 Å². The van der Waals surface area contributed by atoms with Crippen LogP contribution < -0.4 is 5.32 Å². The first-order valence-electron chi connectivity index (χ1n) is 5.09. The summed E-state index contributed by atoms with van der Waals surface area (Å²) in [6.07, 6.45) is 0.900. The predicted molar refractivity (Wildman–Crippen MR) is 54.1 cm³/mol. The van der Waals surface area contributed by atoms with Gasteiger partial charge in [0.1, 0.15) is 0 Å². The quantitative estimate of drug-likeness (QED) is 0.364. The number of aliphatic hydroxyl groups excluding tert-OH is 1. The van der Waals surface area contributed by atoms with E-state index in [1.165, 1.54) is 0 Å². The maximum Gasteiger partial charge on any atom is 0.414 e. The molecule has 0 radical (unpaired) electrons. The Kier molecular flexibility index (Phi) is 4.66. The molecule has 7 heteroatoms. The van der Waals surface area contributed by atoms with Gasteiger partial charge in [-0.1, -0.05) is 0 Å². The number of carboxylic acids is 2. The third-order valence-corrected chi connectivity index (χ3v) is 2.64. The number of aliphatic hydroxyl groups is 1. The first-order chi connectivity index (χ1) is 7.50. The molecule has 0 unspecified atom stereocenters. The maximum atomic E-state index is 9.29. The summed E-state index contributed by atoms with van der Waals surface area (Å²) >= 11 is 0. The molecule has 2 rings (SSSR count). The van der Waals surface area contributed by atoms with Gasteiger partial charge in [0.25, 0.3) is 0 Å². The second kappa shape index (κ2) is 5.78. The molecule has 0 bridgehead atoms. The van der Waals surface area contributed by atoms with Crippen LogP contribution in [-0.2, 0) is 9.59 Å². The van der Waals surface area contributed by atoms with Gasteiger partial charge in [-0.25, -0.2) is 9.59 Å². The van der Waals surface area contributed by atoms with Gasteiger partial charge in [0.15, 0.2) is 0 Å². The Morgan fingerprint density at radius 3 is 2.38 bits per heavy atom. The number of nitrogens with one attached hydrogen (secondary N) is 1. The lowest BCUT2D eigenvalue weighted by Crippen LogP contribution is -2.47. The van der Waals surface area contributed by atoms with Crippen molar-refractivity contribution in [1.82, 2.24) is 10.2 Å². The van der Waals surface area contributed by atoms with Crippen LogP contribution >= 0.6 is 0 Å². The van der Waals surface area contributed by atoms with Crippen molar-refractivity contribution in [3.05, 3.63) is 0 Å². The van der Waals surface area contributed by atoms with Gasteiger partial charge in [0.05, 0.1) is 6.10 Å². The van der Waals surface area contributed by atoms with Gasteiger partial charge in [0.2, 0.25) is 0 Å². The summed E-state index contributed by atoms with van der Waals surface area (Å²) in [6, 6.07) is 0.615. The number of fused-ring (bicyclic) bond motifs is 1. The average Bonchev–Trinajstić information content (AvgIpc) is 2.58. The van der Waals surface area contributed by atoms with Crippen molar-refractivity contribution in [2.75, 3.05) is 26.2 Å². The predicted octanol–water partition coefficient (Wildman–Crippen LogP) is -1.82. The molecule has 0 amide bonds. The average molecular weight is 232 g/mol. The van der Waals surface area contributed by atoms with Crippen molar-refractivity contribution in [1.29, 1.82) is 0 Å². The lowest BCUT2D eigenvalue weighted by atomic mass is 10.2. The molecule has 0 aliphatic carbocycles. The number of hydrogen-bond acceptors (Lipinski definition) is 5. The summed E-state index contributed by atoms with van der Waals surface area (Å²) in [6.45, 7) is 4.16. The molecule has 2 heterocycles. The molecule has 92 valence electrons. The minimum absolute atomic E-state index is 0.0649. The normalized spacial score (nSPS) is 28.8. The third kappa shape index (κ3) is 3.76. The number of aliphatic carboxylic acids is 2. The van der Waals surface area contributed by atoms with E-state index in [4.69, 9.17) is 19.8 Å². The fraction of sp³-hybridized carbons (Fsp3) is 0.778. The van der Waals surface area contributed by atoms with Crippen LogP contribution in [0.3, 0.4) is 0 Å². The van der Waals surface area contributed by atoms with E-state index >= 15 is 0 Å². The highest BCUT2D eigenvalue weighted by atomic mass is 16.4. The highest BCUT2D eigenvalue weighted by Crippen LogP contribution is 2.18. The number of carboxylic acid groups (broad SMARTS) is 2. The van der Waals surface area contributed by atoms with Crippen LogP contribution in [0.15, 0.2) is 0 Å². The lowest BCUT2D eigenvalue weighted by Gasteiger charge is -2.29. The Balaban J connectivity index is 0.000000187. The number of nitrogens with zero attached hydrogens (tertiary/aromatic N) is 1. The summed E-state index contributed by atoms with van der Waals surface area (Å²) < 4.78 is 0. The van der Waals surface area contributed by atoms with E-state index < -0.39 is 11.9 Å². The Hall–Kier alpha value is -1.18. The SMILES string of the molecule is O=C(O)C(=O)O.O[C@H]1C[C@@H]2CNCCN2C1. The van der Waals surface area contributed by atoms with E-state index in [0.29, 0.717) is 6.04 Å². The zero-order valence-corrected chi connectivity index (χ0v) is 8.80. The second-order valence-corrected chi connectivity index (χ2v) is 3.85. The number of hydrogen-bond donors (Lipinski definition) is 4. The monoisotopic (exact) mass is 232 g/mol. The summed E-state index contributed by atoms with van der Waals surface area (Å²) in [5, 5.41) is 27.4. The van der Waals surface area contributed by atoms with Gasteiger partial charge in [-0.2, -0.15) is 0 Å². The maximum absolute atomic E-state index is 9.29. The zero-order valence-electron chi connectivity index (χ0n) is 8.80. The van der Waals surface area contributed by atoms with E-state index in [2.05, 4.69) is 10.2 Å². The molecular weight excluding hydrogens is 216 g/mol. The molecule has 0 aromatic heterocycles. The summed E-state index contributed by atoms with van der Waals surface area (Å²) in [7, 11) is 0. The topological polar surface area (TPSA) is 110 Å². The van der Waals surface area contributed by atoms with Crippen LogP contribution in [0.4, 0.5) is 0 Å². The number of carbonyl (C=O) groups is 2. The third-order valence-electron chi connectivity index (χ3n) is 2.64. The van der Waals surface area contributed by atoms with Crippen LogP contribution in [0.25, 0.3) is 0 Å². The molecule has 0 spiro atoms. The van der Waals surface area contributed by atoms with Crippen LogP contribution in [0.5, 0.6) is 0 Å². The van der Waals surface area contributed by atoms with Crippen molar-refractivity contribution < 1.29 is 24.9 Å². The minimum atomic E-state index is -1.82. The van der Waals surface area contributed by atoms with E-state index in [-0.39, 0.29) is 6.10 Å². The Morgan fingerprint density at radius 1 is 1.25 bits per heavy atom. The molecule has 2 aliphatic heterocycles. The molecule has 0 aromatic carbocycles. The Morgan fingerprint density at radius 2 is 1.88 bits per heavy atom. The molecule has 4 N–H and O–H groups in total. The molecule has 2 atom stereocenters. The largest absolute Gasteiger partial charge is 0.473 e. The first-order valence-corrected chi connectivity index (χ1v) is 5.09. The fourth-order valence-corrected chi connectivity index (χ4v) is 1.94. The molecule has 2 aliphatic rings. The van der Waals surface area contributed by atoms with E-state index in [9.17, 15) is 5.11 Å². The molecule has 0 aromatic rings. The molecule has 16 heavy (non-hydrogen) atoms. The van der Waals surface area contributed by atoms with Crippen molar-refractivity contribution in [2.45, 2.75) is 18.6 Å². The standard InChI is InChI=1S/C7H14N2O.C2H2O4/c10-7-3-6-4-8-1-2-9(6)5-7;3-1(4)2(5)6/h6-8,10H,1-5H2;(H,3,4)(H,5,6)/t6-,7+;/m1./s1. The Bertz CT molecular complexity index is 245. The molecule has 0 saturated carbocycles. The number of piperazine rings is 1. The molecule has 2 saturated heterocycles. The highest BCUT2D eigenvalue weighted by Gasteiger charge is 2.31. The van der Waals surface area contributed by atoms with E-state index in [1.54, 1.807) is 0 Å². The number of rotatable bonds is 0. The van der Waals surface area contributed by atoms with Crippen molar-refractivity contribution in [3.8, 4) is 0 Å². The fourth-order valence-electron chi connectivity index (χ4n) is 1.94. The zero-order chi connectivity index (χ0) is 12.1. The lowest BCUT2D eigenvalue weighted by molar-refractivity contribution is -0.159. The van der Waals surface area contributed by atoms with E-state index in [1.807, 2.05) is 0 Å². The Labute approximate surface area is 92.7 Å². The molecule has 7 nitrogen and oxygen atoms in total. The molecular formula is C9H16N2O5. The van der Waals surface area contributed by atoms with Crippen LogP contribution in [0.2, 0.25) is 0 Å². The summed E-state index contributed by atoms with van der Waals surface area (Å²) in [5.74, 6) is -3.65. The second-order valence-electron chi connectivity index (χ2n) is 3.85. The summed E-state index contributed by atoms with van der Waals surface area (Å²) in [4.78, 5) is 20.6.